The summed E-state index contributed by atoms with van der Waals surface area (Å²) in [6.45, 7) is 7.50. The molecule has 0 aromatic heterocycles. The van der Waals surface area contributed by atoms with E-state index in [9.17, 15) is 9.59 Å². The van der Waals surface area contributed by atoms with Gasteiger partial charge in [0.05, 0.1) is 30.8 Å². The molecular weight excluding hydrogens is 294 g/mol. The molecule has 0 bridgehead atoms. The van der Waals surface area contributed by atoms with E-state index in [1.54, 1.807) is 18.2 Å². The molecule has 0 saturated carbocycles. The van der Waals surface area contributed by atoms with Gasteiger partial charge in [-0.15, -0.1) is 0 Å². The molecule has 5 heteroatoms. The molecule has 1 amide bonds. The van der Waals surface area contributed by atoms with Crippen LogP contribution in [0.3, 0.4) is 0 Å². The van der Waals surface area contributed by atoms with Gasteiger partial charge >= 0.3 is 0 Å². The van der Waals surface area contributed by atoms with Gasteiger partial charge in [0.2, 0.25) is 5.91 Å². The molecule has 1 aromatic rings. The third-order valence-corrected chi connectivity index (χ3v) is 4.22. The number of carbonyl (C=O) groups is 2. The Morgan fingerprint density at radius 3 is 2.57 bits per heavy atom. The van der Waals surface area contributed by atoms with Crippen molar-refractivity contribution in [2.75, 3.05) is 25.1 Å². The average Bonchev–Trinajstić information content (AvgIpc) is 2.47. The molecule has 1 fully saturated rings. The topological polar surface area (TPSA) is 64.6 Å². The minimum Gasteiger partial charge on any atom is -0.492 e. The van der Waals surface area contributed by atoms with Crippen molar-refractivity contribution in [1.29, 1.82) is 0 Å². The van der Waals surface area contributed by atoms with Crippen molar-refractivity contribution in [2.24, 2.45) is 5.41 Å². The first-order valence-electron chi connectivity index (χ1n) is 8.15. The molecule has 0 radical (unpaired) electrons. The molecule has 0 unspecified atom stereocenters. The monoisotopic (exact) mass is 319 g/mol. The highest BCUT2D eigenvalue weighted by atomic mass is 16.5. The fourth-order valence-corrected chi connectivity index (χ4v) is 2.47. The van der Waals surface area contributed by atoms with Crippen LogP contribution in [0.5, 0.6) is 5.75 Å². The molecule has 1 aliphatic heterocycles. The number of Topliss-reactive ketones (excluding diaryl/α,β-unsaturated/α-hetero) is 1. The third-order valence-electron chi connectivity index (χ3n) is 4.22. The number of hydrogen-bond acceptors (Lipinski definition) is 4. The summed E-state index contributed by atoms with van der Waals surface area (Å²) < 4.78 is 11.2. The van der Waals surface area contributed by atoms with Gasteiger partial charge < -0.3 is 14.8 Å². The lowest BCUT2D eigenvalue weighted by Gasteiger charge is -2.40. The van der Waals surface area contributed by atoms with Gasteiger partial charge in [0.1, 0.15) is 5.75 Å². The Balaban J connectivity index is 2.10. The molecule has 1 aliphatic rings. The summed E-state index contributed by atoms with van der Waals surface area (Å²) in [5, 5.41) is 2.80. The van der Waals surface area contributed by atoms with Gasteiger partial charge in [-0.05, 0) is 38.0 Å². The number of ether oxygens (including phenoxy) is 2. The van der Waals surface area contributed by atoms with Crippen LogP contribution in [0.1, 0.15) is 50.4 Å². The molecule has 1 heterocycles. The zero-order valence-corrected chi connectivity index (χ0v) is 14.1. The Morgan fingerprint density at radius 2 is 2.04 bits per heavy atom. The SMILES string of the molecule is CCCC(=O)Nc1ccc(OCC2(CC)COC2)c(C(C)=O)c1. The standard InChI is InChI=1S/C18H25NO4/c1-4-6-17(21)19-14-7-8-16(15(9-14)13(3)20)23-12-18(5-2)10-22-11-18/h7-9H,4-6,10-12H2,1-3H3,(H,19,21). The maximum Gasteiger partial charge on any atom is 0.224 e. The predicted octanol–water partition coefficient (Wildman–Crippen LogP) is 3.43. The van der Waals surface area contributed by atoms with Crippen LogP contribution in [0.2, 0.25) is 0 Å². The van der Waals surface area contributed by atoms with Crippen LogP contribution in [0.4, 0.5) is 5.69 Å². The van der Waals surface area contributed by atoms with Crippen molar-refractivity contribution in [3.05, 3.63) is 23.8 Å². The first kappa shape index (κ1) is 17.5. The second-order valence-corrected chi connectivity index (χ2v) is 6.20. The van der Waals surface area contributed by atoms with Gasteiger partial charge in [-0.25, -0.2) is 0 Å². The van der Waals surface area contributed by atoms with Crippen LogP contribution in [-0.4, -0.2) is 31.5 Å². The van der Waals surface area contributed by atoms with E-state index in [1.807, 2.05) is 6.92 Å². The summed E-state index contributed by atoms with van der Waals surface area (Å²) in [5.41, 5.74) is 1.17. The second-order valence-electron chi connectivity index (χ2n) is 6.20. The number of amides is 1. The molecule has 23 heavy (non-hydrogen) atoms. The Morgan fingerprint density at radius 1 is 1.30 bits per heavy atom. The summed E-state index contributed by atoms with van der Waals surface area (Å²) in [5.74, 6) is 0.430. The molecule has 1 N–H and O–H groups in total. The maximum atomic E-state index is 11.9. The van der Waals surface area contributed by atoms with Gasteiger partial charge in [0.15, 0.2) is 5.78 Å². The van der Waals surface area contributed by atoms with E-state index in [-0.39, 0.29) is 17.1 Å². The van der Waals surface area contributed by atoms with Crippen LogP contribution in [0, 0.1) is 5.41 Å². The molecule has 0 aliphatic carbocycles. The Labute approximate surface area is 137 Å². The Hall–Kier alpha value is -1.88. The smallest absolute Gasteiger partial charge is 0.224 e. The fourth-order valence-electron chi connectivity index (χ4n) is 2.47. The molecule has 126 valence electrons. The van der Waals surface area contributed by atoms with Gasteiger partial charge in [0, 0.05) is 12.1 Å². The highest BCUT2D eigenvalue weighted by Crippen LogP contribution is 2.33. The van der Waals surface area contributed by atoms with Crippen molar-refractivity contribution in [1.82, 2.24) is 0 Å². The number of anilines is 1. The second kappa shape index (κ2) is 7.59. The van der Waals surface area contributed by atoms with E-state index in [4.69, 9.17) is 9.47 Å². The van der Waals surface area contributed by atoms with Crippen LogP contribution in [-0.2, 0) is 9.53 Å². The highest BCUT2D eigenvalue weighted by Gasteiger charge is 2.37. The molecule has 0 atom stereocenters. The van der Waals surface area contributed by atoms with Gasteiger partial charge in [-0.1, -0.05) is 13.8 Å². The Kier molecular flexibility index (Phi) is 5.77. The van der Waals surface area contributed by atoms with E-state index < -0.39 is 0 Å². The first-order valence-corrected chi connectivity index (χ1v) is 8.15. The van der Waals surface area contributed by atoms with Gasteiger partial charge in [-0.3, -0.25) is 9.59 Å². The van der Waals surface area contributed by atoms with E-state index in [0.717, 1.165) is 12.8 Å². The van der Waals surface area contributed by atoms with Crippen LogP contribution in [0.15, 0.2) is 18.2 Å². The quantitative estimate of drug-likeness (QED) is 0.746. The fraction of sp³-hybridized carbons (Fsp3) is 0.556. The van der Waals surface area contributed by atoms with Gasteiger partial charge in [0.25, 0.3) is 0 Å². The summed E-state index contributed by atoms with van der Waals surface area (Å²) in [7, 11) is 0. The van der Waals surface area contributed by atoms with E-state index >= 15 is 0 Å². The van der Waals surface area contributed by atoms with Crippen LogP contribution in [0.25, 0.3) is 0 Å². The minimum atomic E-state index is -0.0815. The number of benzene rings is 1. The normalized spacial score (nSPS) is 15.6. The summed E-state index contributed by atoms with van der Waals surface area (Å²) >= 11 is 0. The minimum absolute atomic E-state index is 0.0489. The largest absolute Gasteiger partial charge is 0.492 e. The molecule has 0 spiro atoms. The van der Waals surface area contributed by atoms with Crippen molar-refractivity contribution >= 4 is 17.4 Å². The molecule has 2 rings (SSSR count). The number of ketones is 1. The van der Waals surface area contributed by atoms with Crippen molar-refractivity contribution in [3.63, 3.8) is 0 Å². The first-order chi connectivity index (χ1) is 11.0. The van der Waals surface area contributed by atoms with Crippen molar-refractivity contribution in [3.8, 4) is 5.75 Å². The summed E-state index contributed by atoms with van der Waals surface area (Å²) in [6, 6.07) is 5.20. The Bertz CT molecular complexity index is 573. The lowest BCUT2D eigenvalue weighted by atomic mass is 9.84. The molecular formula is C18H25NO4. The van der Waals surface area contributed by atoms with E-state index in [1.165, 1.54) is 6.92 Å². The van der Waals surface area contributed by atoms with Gasteiger partial charge in [-0.2, -0.15) is 0 Å². The molecule has 1 saturated heterocycles. The number of nitrogens with one attached hydrogen (secondary N) is 1. The molecule has 5 nitrogen and oxygen atoms in total. The number of hydrogen-bond donors (Lipinski definition) is 1. The highest BCUT2D eigenvalue weighted by molar-refractivity contribution is 5.99. The van der Waals surface area contributed by atoms with E-state index in [0.29, 0.717) is 43.2 Å². The van der Waals surface area contributed by atoms with Crippen molar-refractivity contribution < 1.29 is 19.1 Å². The van der Waals surface area contributed by atoms with Crippen molar-refractivity contribution in [2.45, 2.75) is 40.0 Å². The summed E-state index contributed by atoms with van der Waals surface area (Å²) in [6.07, 6.45) is 2.23. The number of carbonyl (C=O) groups excluding carboxylic acids is 2. The van der Waals surface area contributed by atoms with Crippen LogP contribution >= 0.6 is 0 Å². The lowest BCUT2D eigenvalue weighted by molar-refractivity contribution is -0.133. The van der Waals surface area contributed by atoms with E-state index in [2.05, 4.69) is 12.2 Å². The number of rotatable bonds is 8. The maximum absolute atomic E-state index is 11.9. The van der Waals surface area contributed by atoms with Crippen LogP contribution < -0.4 is 10.1 Å². The summed E-state index contributed by atoms with van der Waals surface area (Å²) in [4.78, 5) is 23.6. The zero-order valence-electron chi connectivity index (χ0n) is 14.1. The third kappa shape index (κ3) is 4.32. The molecule has 1 aromatic carbocycles. The zero-order chi connectivity index (χ0) is 16.9. The lowest BCUT2D eigenvalue weighted by Crippen LogP contribution is -2.46. The average molecular weight is 319 g/mol. The predicted molar refractivity (Wildman–Crippen MR) is 89.0 cm³/mol.